The molecule has 0 aromatic carbocycles. The summed E-state index contributed by atoms with van der Waals surface area (Å²) in [7, 11) is 1.46. The predicted octanol–water partition coefficient (Wildman–Crippen LogP) is 0.730. The second kappa shape index (κ2) is 6.24. The molecule has 18 heavy (non-hydrogen) atoms. The Morgan fingerprint density at radius 1 is 1.61 bits per heavy atom. The molecule has 8 heteroatoms. The van der Waals surface area contributed by atoms with Crippen molar-refractivity contribution in [2.75, 3.05) is 26.8 Å². The van der Waals surface area contributed by atoms with E-state index in [4.69, 9.17) is 4.74 Å². The van der Waals surface area contributed by atoms with E-state index in [1.165, 1.54) is 7.11 Å². The third-order valence-electron chi connectivity index (χ3n) is 2.84. The van der Waals surface area contributed by atoms with Crippen LogP contribution in [0.4, 0.5) is 18.0 Å². The van der Waals surface area contributed by atoms with E-state index < -0.39 is 24.4 Å². The van der Waals surface area contributed by atoms with Crippen molar-refractivity contribution in [2.45, 2.75) is 31.2 Å². The summed E-state index contributed by atoms with van der Waals surface area (Å²) in [4.78, 5) is 12.7. The van der Waals surface area contributed by atoms with Gasteiger partial charge in [-0.2, -0.15) is 13.2 Å². The van der Waals surface area contributed by atoms with Crippen molar-refractivity contribution in [1.29, 1.82) is 0 Å². The highest BCUT2D eigenvalue weighted by molar-refractivity contribution is 5.74. The highest BCUT2D eigenvalue weighted by Gasteiger charge is 2.48. The molecule has 2 amide bonds. The van der Waals surface area contributed by atoms with Crippen LogP contribution in [0.3, 0.4) is 0 Å². The molecule has 0 spiro atoms. The zero-order valence-corrected chi connectivity index (χ0v) is 10.0. The summed E-state index contributed by atoms with van der Waals surface area (Å²) in [5.74, 6) is 0. The van der Waals surface area contributed by atoms with Crippen LogP contribution in [-0.2, 0) is 4.74 Å². The van der Waals surface area contributed by atoms with Crippen LogP contribution in [0.1, 0.15) is 12.8 Å². The maximum Gasteiger partial charge on any atom is 0.416 e. The number of carbonyl (C=O) groups is 1. The van der Waals surface area contributed by atoms with Gasteiger partial charge in [0.2, 0.25) is 0 Å². The fourth-order valence-electron chi connectivity index (χ4n) is 1.95. The van der Waals surface area contributed by atoms with Gasteiger partial charge in [0.25, 0.3) is 0 Å². The third-order valence-corrected chi connectivity index (χ3v) is 2.84. The van der Waals surface area contributed by atoms with E-state index in [2.05, 4.69) is 5.32 Å². The minimum Gasteiger partial charge on any atom is -0.383 e. The molecule has 0 unspecified atom stereocenters. The highest BCUT2D eigenvalue weighted by Crippen LogP contribution is 2.30. The molecule has 2 N–H and O–H groups in total. The topological polar surface area (TPSA) is 61.8 Å². The molecule has 0 aliphatic carbocycles. The van der Waals surface area contributed by atoms with Gasteiger partial charge < -0.3 is 20.1 Å². The number of urea groups is 1. The standard InChI is InChI=1S/C10H17F3N2O3/c1-18-6-4-14-9(17)15-5-2-3-7(15)8(16)10(11,12)13/h7-8,16H,2-6H2,1H3,(H,14,17)/t7-,8-/m0/s1. The zero-order valence-electron chi connectivity index (χ0n) is 10.0. The van der Waals surface area contributed by atoms with Crippen molar-refractivity contribution in [3.8, 4) is 0 Å². The maximum absolute atomic E-state index is 12.4. The Morgan fingerprint density at radius 2 is 2.28 bits per heavy atom. The van der Waals surface area contributed by atoms with Crippen LogP contribution in [0.2, 0.25) is 0 Å². The third kappa shape index (κ3) is 3.74. The summed E-state index contributed by atoms with van der Waals surface area (Å²) in [6.07, 6.45) is -6.60. The normalized spacial score (nSPS) is 22.1. The van der Waals surface area contributed by atoms with E-state index in [1.807, 2.05) is 0 Å². The minimum absolute atomic E-state index is 0.151. The van der Waals surface area contributed by atoms with Crippen molar-refractivity contribution in [1.82, 2.24) is 10.2 Å². The summed E-state index contributed by atoms with van der Waals surface area (Å²) in [6, 6.07) is -1.80. The van der Waals surface area contributed by atoms with Gasteiger partial charge >= 0.3 is 12.2 Å². The average molecular weight is 270 g/mol. The van der Waals surface area contributed by atoms with E-state index in [1.54, 1.807) is 0 Å². The molecule has 1 rings (SSSR count). The molecule has 0 radical (unpaired) electrons. The first-order valence-corrected chi connectivity index (χ1v) is 5.66. The molecule has 1 aliphatic heterocycles. The Morgan fingerprint density at radius 3 is 2.83 bits per heavy atom. The van der Waals surface area contributed by atoms with Gasteiger partial charge in [0.05, 0.1) is 12.6 Å². The quantitative estimate of drug-likeness (QED) is 0.740. The summed E-state index contributed by atoms with van der Waals surface area (Å²) in [5, 5.41) is 11.7. The fourth-order valence-corrected chi connectivity index (χ4v) is 1.95. The molecule has 0 aromatic heterocycles. The number of carbonyl (C=O) groups excluding carboxylic acids is 1. The molecule has 0 bridgehead atoms. The number of ether oxygens (including phenoxy) is 1. The molecular formula is C10H17F3N2O3. The number of nitrogens with one attached hydrogen (secondary N) is 1. The van der Waals surface area contributed by atoms with Crippen molar-refractivity contribution in [3.05, 3.63) is 0 Å². The summed E-state index contributed by atoms with van der Waals surface area (Å²) < 4.78 is 42.0. The molecule has 5 nitrogen and oxygen atoms in total. The number of hydrogen-bond donors (Lipinski definition) is 2. The van der Waals surface area contributed by atoms with Crippen LogP contribution in [0.25, 0.3) is 0 Å². The molecule has 1 aliphatic rings. The van der Waals surface area contributed by atoms with Crippen molar-refractivity contribution in [2.24, 2.45) is 0 Å². The highest BCUT2D eigenvalue weighted by atomic mass is 19.4. The number of hydrogen-bond acceptors (Lipinski definition) is 3. The van der Waals surface area contributed by atoms with Gasteiger partial charge in [0, 0.05) is 20.2 Å². The lowest BCUT2D eigenvalue weighted by Gasteiger charge is -2.29. The lowest BCUT2D eigenvalue weighted by atomic mass is 10.1. The molecule has 1 fully saturated rings. The second-order valence-corrected chi connectivity index (χ2v) is 4.11. The summed E-state index contributed by atoms with van der Waals surface area (Å²) in [5.41, 5.74) is 0. The van der Waals surface area contributed by atoms with Gasteiger partial charge in [-0.1, -0.05) is 0 Å². The molecule has 0 aromatic rings. The minimum atomic E-state index is -4.71. The summed E-state index contributed by atoms with van der Waals surface area (Å²) >= 11 is 0. The first-order chi connectivity index (χ1) is 8.38. The number of halogens is 3. The Labute approximate surface area is 103 Å². The largest absolute Gasteiger partial charge is 0.416 e. The van der Waals surface area contributed by atoms with Gasteiger partial charge in [-0.05, 0) is 12.8 Å². The molecule has 106 valence electrons. The van der Waals surface area contributed by atoms with Gasteiger partial charge in [-0.15, -0.1) is 0 Å². The fraction of sp³-hybridized carbons (Fsp3) is 0.900. The second-order valence-electron chi connectivity index (χ2n) is 4.11. The zero-order chi connectivity index (χ0) is 13.8. The lowest BCUT2D eigenvalue weighted by molar-refractivity contribution is -0.216. The first kappa shape index (κ1) is 15.0. The monoisotopic (exact) mass is 270 g/mol. The number of likely N-dealkylation sites (tertiary alicyclic amines) is 1. The number of aliphatic hydroxyl groups excluding tert-OH is 1. The van der Waals surface area contributed by atoms with Crippen molar-refractivity contribution >= 4 is 6.03 Å². The Balaban J connectivity index is 2.56. The van der Waals surface area contributed by atoms with Gasteiger partial charge in [-0.3, -0.25) is 0 Å². The van der Waals surface area contributed by atoms with E-state index in [0.29, 0.717) is 6.42 Å². The summed E-state index contributed by atoms with van der Waals surface area (Å²) in [6.45, 7) is 0.726. The van der Waals surface area contributed by atoms with E-state index in [0.717, 1.165) is 4.90 Å². The Bertz CT molecular complexity index is 286. The van der Waals surface area contributed by atoms with E-state index in [-0.39, 0.29) is 26.1 Å². The van der Waals surface area contributed by atoms with Crippen molar-refractivity contribution < 1.29 is 27.8 Å². The number of methoxy groups -OCH3 is 1. The first-order valence-electron chi connectivity index (χ1n) is 5.66. The lowest BCUT2D eigenvalue weighted by Crippen LogP contribution is -2.52. The average Bonchev–Trinajstić information content (AvgIpc) is 2.75. The number of aliphatic hydroxyl groups is 1. The van der Waals surface area contributed by atoms with Crippen LogP contribution in [0, 0.1) is 0 Å². The molecule has 1 saturated heterocycles. The van der Waals surface area contributed by atoms with Crippen molar-refractivity contribution in [3.63, 3.8) is 0 Å². The van der Waals surface area contributed by atoms with E-state index >= 15 is 0 Å². The van der Waals surface area contributed by atoms with Crippen LogP contribution in [0.5, 0.6) is 0 Å². The van der Waals surface area contributed by atoms with Crippen LogP contribution in [0.15, 0.2) is 0 Å². The molecule has 1 heterocycles. The SMILES string of the molecule is COCCNC(=O)N1CCC[C@H]1[C@H](O)C(F)(F)F. The number of rotatable bonds is 4. The van der Waals surface area contributed by atoms with E-state index in [9.17, 15) is 23.1 Å². The predicted molar refractivity (Wildman–Crippen MR) is 57.1 cm³/mol. The van der Waals surface area contributed by atoms with Crippen LogP contribution in [-0.4, -0.2) is 61.2 Å². The van der Waals surface area contributed by atoms with Crippen LogP contribution < -0.4 is 5.32 Å². The Kier molecular flexibility index (Phi) is 5.21. The number of alkyl halides is 3. The molecule has 0 saturated carbocycles. The number of amides is 2. The Hall–Kier alpha value is -1.02. The molecule has 2 atom stereocenters. The van der Waals surface area contributed by atoms with Gasteiger partial charge in [0.15, 0.2) is 6.10 Å². The number of nitrogens with zero attached hydrogens (tertiary/aromatic N) is 1. The molecular weight excluding hydrogens is 253 g/mol. The van der Waals surface area contributed by atoms with Crippen LogP contribution >= 0.6 is 0 Å². The maximum atomic E-state index is 12.4. The van der Waals surface area contributed by atoms with Gasteiger partial charge in [0.1, 0.15) is 0 Å². The van der Waals surface area contributed by atoms with Gasteiger partial charge in [-0.25, -0.2) is 4.79 Å². The smallest absolute Gasteiger partial charge is 0.383 e.